The maximum Gasteiger partial charge on any atom is 0.326 e. The van der Waals surface area contributed by atoms with Crippen molar-refractivity contribution in [1.29, 1.82) is 0 Å². The molecule has 7 heteroatoms. The van der Waals surface area contributed by atoms with Crippen LogP contribution in [-0.2, 0) is 20.8 Å². The van der Waals surface area contributed by atoms with E-state index in [4.69, 9.17) is 0 Å². The van der Waals surface area contributed by atoms with E-state index in [1.165, 1.54) is 0 Å². The first-order valence-electron chi connectivity index (χ1n) is 10.5. The molecule has 2 aliphatic rings. The molecule has 3 N–H and O–H groups in total. The zero-order valence-electron chi connectivity index (χ0n) is 18.0. The summed E-state index contributed by atoms with van der Waals surface area (Å²) in [6, 6.07) is 6.99. The lowest BCUT2D eigenvalue weighted by Crippen LogP contribution is -2.43. The van der Waals surface area contributed by atoms with Gasteiger partial charge in [0, 0.05) is 56.8 Å². The highest BCUT2D eigenvalue weighted by Gasteiger charge is 2.37. The highest BCUT2D eigenvalue weighted by Crippen LogP contribution is 2.34. The number of hydrogen-bond donors (Lipinski definition) is 3. The molecular weight excluding hydrogens is 382 g/mol. The van der Waals surface area contributed by atoms with Crippen LogP contribution < -0.4 is 15.5 Å². The first kappa shape index (κ1) is 22.0. The number of benzene rings is 1. The average molecular weight is 414 g/mol. The van der Waals surface area contributed by atoms with Crippen LogP contribution >= 0.6 is 0 Å². The summed E-state index contributed by atoms with van der Waals surface area (Å²) in [5, 5.41) is 15.9. The van der Waals surface area contributed by atoms with E-state index in [0.29, 0.717) is 5.70 Å². The molecule has 30 heavy (non-hydrogen) atoms. The molecule has 0 bridgehead atoms. The predicted molar refractivity (Wildman–Crippen MR) is 116 cm³/mol. The number of piperazine rings is 1. The second-order valence-electron chi connectivity index (χ2n) is 9.01. The van der Waals surface area contributed by atoms with Gasteiger partial charge in [-0.2, -0.15) is 0 Å². The number of allylic oxidation sites excluding steroid dienone is 2. The van der Waals surface area contributed by atoms with Crippen LogP contribution in [0.5, 0.6) is 0 Å². The lowest BCUT2D eigenvalue weighted by Gasteiger charge is -2.30. The standard InChI is InChI=1S/C23H31N3O4/c1-15(21-19(27)13-23(2,3)14-20(21)28)25-18(22(29)30)12-16-4-6-17(7-5-16)26-10-8-24-9-11-26/h4-7,18,24-25H,8-14H2,1-3H3,(H,29,30)/t18-/m0/s1. The lowest BCUT2D eigenvalue weighted by atomic mass is 9.73. The van der Waals surface area contributed by atoms with Crippen molar-refractivity contribution in [3.05, 3.63) is 41.1 Å². The number of hydrogen-bond acceptors (Lipinski definition) is 6. The molecule has 162 valence electrons. The molecule has 1 saturated carbocycles. The van der Waals surface area contributed by atoms with Crippen molar-refractivity contribution in [2.24, 2.45) is 5.41 Å². The Morgan fingerprint density at radius 2 is 1.70 bits per heavy atom. The number of carbonyl (C=O) groups is 3. The molecule has 0 aromatic heterocycles. The normalized spacial score (nSPS) is 20.1. The zero-order valence-corrected chi connectivity index (χ0v) is 18.0. The van der Waals surface area contributed by atoms with Crippen LogP contribution in [0.1, 0.15) is 39.2 Å². The molecule has 1 aromatic carbocycles. The van der Waals surface area contributed by atoms with Gasteiger partial charge in [-0.15, -0.1) is 0 Å². The maximum absolute atomic E-state index is 12.5. The molecule has 2 fully saturated rings. The molecule has 7 nitrogen and oxygen atoms in total. The Morgan fingerprint density at radius 3 is 2.23 bits per heavy atom. The first-order chi connectivity index (χ1) is 14.2. The Hall–Kier alpha value is -2.67. The number of Topliss-reactive ketones (excluding diaryl/α,β-unsaturated/α-hetero) is 2. The van der Waals surface area contributed by atoms with E-state index in [0.717, 1.165) is 37.4 Å². The highest BCUT2D eigenvalue weighted by atomic mass is 16.4. The van der Waals surface area contributed by atoms with Gasteiger partial charge in [0.25, 0.3) is 0 Å². The fourth-order valence-corrected chi connectivity index (χ4v) is 4.22. The smallest absolute Gasteiger partial charge is 0.326 e. The summed E-state index contributed by atoms with van der Waals surface area (Å²) < 4.78 is 0. The minimum Gasteiger partial charge on any atom is -0.480 e. The minimum absolute atomic E-state index is 0.120. The van der Waals surface area contributed by atoms with Gasteiger partial charge in [-0.05, 0) is 30.0 Å². The van der Waals surface area contributed by atoms with Gasteiger partial charge >= 0.3 is 5.97 Å². The van der Waals surface area contributed by atoms with Gasteiger partial charge in [0.15, 0.2) is 11.6 Å². The zero-order chi connectivity index (χ0) is 21.9. The van der Waals surface area contributed by atoms with E-state index in [2.05, 4.69) is 15.5 Å². The van der Waals surface area contributed by atoms with Gasteiger partial charge in [0.1, 0.15) is 6.04 Å². The number of carboxylic acid groups (broad SMARTS) is 1. The highest BCUT2D eigenvalue weighted by molar-refractivity contribution is 6.22. The fraction of sp³-hybridized carbons (Fsp3) is 0.522. The van der Waals surface area contributed by atoms with Crippen molar-refractivity contribution in [2.45, 2.75) is 46.1 Å². The molecular formula is C23H31N3O4. The molecule has 1 aromatic rings. The Labute approximate surface area is 177 Å². The number of nitrogens with one attached hydrogen (secondary N) is 2. The largest absolute Gasteiger partial charge is 0.480 e. The SMILES string of the molecule is CC(N[C@@H](Cc1ccc(N2CCNCC2)cc1)C(=O)O)=C1C(=O)CC(C)(C)CC1=O. The minimum atomic E-state index is -1.02. The summed E-state index contributed by atoms with van der Waals surface area (Å²) in [6.07, 6.45) is 0.840. The number of carbonyl (C=O) groups excluding carboxylic acids is 2. The first-order valence-corrected chi connectivity index (χ1v) is 10.5. The molecule has 1 atom stereocenters. The molecule has 0 amide bonds. The monoisotopic (exact) mass is 413 g/mol. The van der Waals surface area contributed by atoms with Crippen LogP contribution in [-0.4, -0.2) is 54.9 Å². The molecule has 1 aliphatic carbocycles. The van der Waals surface area contributed by atoms with Crippen molar-refractivity contribution < 1.29 is 19.5 Å². The number of carboxylic acids is 1. The van der Waals surface area contributed by atoms with E-state index in [9.17, 15) is 19.5 Å². The quantitative estimate of drug-likeness (QED) is 0.484. The third-order valence-corrected chi connectivity index (χ3v) is 5.76. The van der Waals surface area contributed by atoms with Crippen LogP contribution in [0.25, 0.3) is 0 Å². The van der Waals surface area contributed by atoms with Crippen LogP contribution in [0, 0.1) is 5.41 Å². The second-order valence-corrected chi connectivity index (χ2v) is 9.01. The van der Waals surface area contributed by atoms with Gasteiger partial charge in [0.2, 0.25) is 0 Å². The number of aliphatic carboxylic acids is 1. The Balaban J connectivity index is 1.71. The molecule has 0 unspecified atom stereocenters. The maximum atomic E-state index is 12.5. The molecule has 0 radical (unpaired) electrons. The summed E-state index contributed by atoms with van der Waals surface area (Å²) in [6.45, 7) is 9.21. The Morgan fingerprint density at radius 1 is 1.13 bits per heavy atom. The summed E-state index contributed by atoms with van der Waals surface area (Å²) in [5.41, 5.74) is 2.13. The number of anilines is 1. The summed E-state index contributed by atoms with van der Waals surface area (Å²) >= 11 is 0. The van der Waals surface area contributed by atoms with Gasteiger partial charge in [-0.3, -0.25) is 9.59 Å². The van der Waals surface area contributed by atoms with Crippen molar-refractivity contribution in [3.8, 4) is 0 Å². The van der Waals surface area contributed by atoms with Crippen molar-refractivity contribution in [2.75, 3.05) is 31.1 Å². The van der Waals surface area contributed by atoms with E-state index >= 15 is 0 Å². The van der Waals surface area contributed by atoms with Crippen molar-refractivity contribution >= 4 is 23.2 Å². The third-order valence-electron chi connectivity index (χ3n) is 5.76. The summed E-state index contributed by atoms with van der Waals surface area (Å²) in [7, 11) is 0. The summed E-state index contributed by atoms with van der Waals surface area (Å²) in [5.74, 6) is -1.45. The van der Waals surface area contributed by atoms with E-state index < -0.39 is 12.0 Å². The van der Waals surface area contributed by atoms with Gasteiger partial charge in [-0.1, -0.05) is 26.0 Å². The number of nitrogens with zero attached hydrogens (tertiary/aromatic N) is 1. The van der Waals surface area contributed by atoms with Crippen LogP contribution in [0.3, 0.4) is 0 Å². The number of rotatable bonds is 6. The van der Waals surface area contributed by atoms with Gasteiger partial charge < -0.3 is 20.6 Å². The Kier molecular flexibility index (Phi) is 6.61. The van der Waals surface area contributed by atoms with E-state index in [1.807, 2.05) is 38.1 Å². The predicted octanol–water partition coefficient (Wildman–Crippen LogP) is 1.91. The molecule has 1 heterocycles. The van der Waals surface area contributed by atoms with E-state index in [1.54, 1.807) is 6.92 Å². The van der Waals surface area contributed by atoms with Gasteiger partial charge in [-0.25, -0.2) is 4.79 Å². The Bertz CT molecular complexity index is 830. The molecule has 1 saturated heterocycles. The summed E-state index contributed by atoms with van der Waals surface area (Å²) in [4.78, 5) is 39.1. The second kappa shape index (κ2) is 9.00. The van der Waals surface area contributed by atoms with E-state index in [-0.39, 0.29) is 41.8 Å². The fourth-order valence-electron chi connectivity index (χ4n) is 4.22. The van der Waals surface area contributed by atoms with Crippen molar-refractivity contribution in [1.82, 2.24) is 10.6 Å². The van der Waals surface area contributed by atoms with Crippen LogP contribution in [0.2, 0.25) is 0 Å². The molecule has 3 rings (SSSR count). The lowest BCUT2D eigenvalue weighted by molar-refractivity contribution is -0.139. The average Bonchev–Trinajstić information content (AvgIpc) is 2.67. The number of ketones is 2. The third kappa shape index (κ3) is 5.27. The topological polar surface area (TPSA) is 98.7 Å². The van der Waals surface area contributed by atoms with Crippen LogP contribution in [0.4, 0.5) is 5.69 Å². The van der Waals surface area contributed by atoms with Crippen molar-refractivity contribution in [3.63, 3.8) is 0 Å². The van der Waals surface area contributed by atoms with Crippen LogP contribution in [0.15, 0.2) is 35.5 Å². The molecule has 1 aliphatic heterocycles. The van der Waals surface area contributed by atoms with Gasteiger partial charge in [0.05, 0.1) is 5.57 Å². The molecule has 0 spiro atoms.